The van der Waals surface area contributed by atoms with Crippen molar-refractivity contribution >= 4 is 29.4 Å². The van der Waals surface area contributed by atoms with Crippen molar-refractivity contribution in [2.45, 2.75) is 13.3 Å². The van der Waals surface area contributed by atoms with Crippen LogP contribution in [0.3, 0.4) is 0 Å². The monoisotopic (exact) mass is 453 g/mol. The van der Waals surface area contributed by atoms with Crippen LogP contribution in [0.15, 0.2) is 65.8 Å². The Morgan fingerprint density at radius 2 is 2.00 bits per heavy atom. The Morgan fingerprint density at radius 1 is 1.22 bits per heavy atom. The van der Waals surface area contributed by atoms with Crippen molar-refractivity contribution in [3.05, 3.63) is 98.1 Å². The average Bonchev–Trinajstić information content (AvgIpc) is 2.76. The van der Waals surface area contributed by atoms with Gasteiger partial charge in [-0.2, -0.15) is 5.10 Å². The summed E-state index contributed by atoms with van der Waals surface area (Å²) < 4.78 is 5.25. The van der Waals surface area contributed by atoms with Gasteiger partial charge in [0.25, 0.3) is 5.91 Å². The Hall–Kier alpha value is -3.91. The maximum absolute atomic E-state index is 12.0. The van der Waals surface area contributed by atoms with Crippen molar-refractivity contribution < 1.29 is 19.6 Å². The fourth-order valence-corrected chi connectivity index (χ4v) is 3.12. The summed E-state index contributed by atoms with van der Waals surface area (Å²) in [5, 5.41) is 25.6. The summed E-state index contributed by atoms with van der Waals surface area (Å²) in [6.45, 7) is 1.26. The maximum Gasteiger partial charge on any atom is 0.311 e. The number of aromatic hydroxyl groups is 1. The van der Waals surface area contributed by atoms with Gasteiger partial charge in [-0.15, -0.1) is 0 Å². The number of nitrogens with zero attached hydrogens (tertiary/aromatic N) is 2. The molecule has 0 aromatic heterocycles. The van der Waals surface area contributed by atoms with Crippen molar-refractivity contribution in [2.75, 3.05) is 6.61 Å². The highest BCUT2D eigenvalue weighted by molar-refractivity contribution is 6.31. The molecule has 1 amide bonds. The molecular weight excluding hydrogens is 434 g/mol. The molecule has 32 heavy (non-hydrogen) atoms. The molecule has 0 spiro atoms. The second-order valence-electron chi connectivity index (χ2n) is 6.97. The van der Waals surface area contributed by atoms with Gasteiger partial charge in [-0.1, -0.05) is 41.9 Å². The quantitative estimate of drug-likeness (QED) is 0.298. The van der Waals surface area contributed by atoms with Crippen LogP contribution >= 0.6 is 11.6 Å². The number of aryl methyl sites for hydroxylation is 1. The summed E-state index contributed by atoms with van der Waals surface area (Å²) >= 11 is 6.20. The number of halogens is 1. The summed E-state index contributed by atoms with van der Waals surface area (Å²) in [7, 11) is 0. The van der Waals surface area contributed by atoms with Gasteiger partial charge >= 0.3 is 5.69 Å². The van der Waals surface area contributed by atoms with Gasteiger partial charge in [0.1, 0.15) is 5.75 Å². The second kappa shape index (κ2) is 10.4. The highest BCUT2D eigenvalue weighted by Crippen LogP contribution is 2.27. The van der Waals surface area contributed by atoms with E-state index in [1.807, 2.05) is 24.3 Å². The molecule has 3 aromatic carbocycles. The van der Waals surface area contributed by atoms with E-state index in [2.05, 4.69) is 10.5 Å². The minimum atomic E-state index is -0.608. The molecule has 8 nitrogen and oxygen atoms in total. The molecule has 0 bridgehead atoms. The molecule has 0 heterocycles. The largest absolute Gasteiger partial charge is 0.507 e. The van der Waals surface area contributed by atoms with Crippen molar-refractivity contribution in [3.8, 4) is 11.5 Å². The number of carbonyl (C=O) groups is 1. The molecule has 0 atom stereocenters. The van der Waals surface area contributed by atoms with Crippen molar-refractivity contribution in [3.63, 3.8) is 0 Å². The van der Waals surface area contributed by atoms with Gasteiger partial charge in [-0.25, -0.2) is 5.43 Å². The van der Waals surface area contributed by atoms with Gasteiger partial charge in [0, 0.05) is 16.7 Å². The number of hydrogen-bond acceptors (Lipinski definition) is 6. The summed E-state index contributed by atoms with van der Waals surface area (Å²) in [6.07, 6.45) is 1.87. The van der Waals surface area contributed by atoms with Crippen LogP contribution in [0.5, 0.6) is 11.5 Å². The number of rotatable bonds is 8. The molecule has 3 rings (SSSR count). The van der Waals surface area contributed by atoms with Gasteiger partial charge in [0.05, 0.1) is 11.1 Å². The van der Waals surface area contributed by atoms with E-state index in [4.69, 9.17) is 16.3 Å². The van der Waals surface area contributed by atoms with E-state index in [1.165, 1.54) is 24.4 Å². The fourth-order valence-electron chi connectivity index (χ4n) is 2.92. The molecule has 3 aromatic rings. The summed E-state index contributed by atoms with van der Waals surface area (Å²) in [5.74, 6) is -0.620. The number of phenolic OH excluding ortho intramolecular Hbond substituents is 1. The van der Waals surface area contributed by atoms with E-state index in [9.17, 15) is 20.0 Å². The number of carbonyl (C=O) groups excluding carboxylic acids is 1. The van der Waals surface area contributed by atoms with Gasteiger partial charge in [0.15, 0.2) is 12.4 Å². The lowest BCUT2D eigenvalue weighted by molar-refractivity contribution is -0.385. The van der Waals surface area contributed by atoms with E-state index in [1.54, 1.807) is 25.1 Å². The normalized spacial score (nSPS) is 10.8. The highest BCUT2D eigenvalue weighted by atomic mass is 35.5. The standard InChI is InChI=1S/C23H20ClN3O5/c1-15-6-9-22(20(10-15)27(30)31)32-14-23(29)26-25-13-18-12-16(7-8-21(18)28)11-17-4-2-3-5-19(17)24/h2-10,12-13,28H,11,14H2,1H3,(H,26,29)/b25-13+. The first-order valence-corrected chi connectivity index (χ1v) is 9.96. The minimum absolute atomic E-state index is 0.00237. The molecule has 0 radical (unpaired) electrons. The number of amides is 1. The predicted octanol–water partition coefficient (Wildman–Crippen LogP) is 4.38. The zero-order valence-electron chi connectivity index (χ0n) is 17.1. The molecule has 0 fully saturated rings. The van der Waals surface area contributed by atoms with E-state index in [0.717, 1.165) is 11.1 Å². The van der Waals surface area contributed by atoms with Crippen molar-refractivity contribution in [2.24, 2.45) is 5.10 Å². The number of nitrogens with one attached hydrogen (secondary N) is 1. The molecule has 0 aliphatic rings. The van der Waals surface area contributed by atoms with Gasteiger partial charge < -0.3 is 9.84 Å². The molecule has 0 saturated heterocycles. The van der Waals surface area contributed by atoms with Crippen LogP contribution in [0.4, 0.5) is 5.69 Å². The maximum atomic E-state index is 12.0. The first-order valence-electron chi connectivity index (χ1n) is 9.58. The molecule has 0 saturated carbocycles. The zero-order valence-corrected chi connectivity index (χ0v) is 17.9. The van der Waals surface area contributed by atoms with Crippen LogP contribution in [0.1, 0.15) is 22.3 Å². The minimum Gasteiger partial charge on any atom is -0.507 e. The Bertz CT molecular complexity index is 1180. The lowest BCUT2D eigenvalue weighted by Gasteiger charge is -2.07. The van der Waals surface area contributed by atoms with Gasteiger partial charge in [0.2, 0.25) is 0 Å². The molecule has 0 unspecified atom stereocenters. The number of phenols is 1. The third kappa shape index (κ3) is 6.05. The molecule has 164 valence electrons. The van der Waals surface area contributed by atoms with Crippen LogP contribution < -0.4 is 10.2 Å². The van der Waals surface area contributed by atoms with E-state index < -0.39 is 17.4 Å². The summed E-state index contributed by atoms with van der Waals surface area (Å²) in [6, 6.07) is 17.0. The summed E-state index contributed by atoms with van der Waals surface area (Å²) in [4.78, 5) is 22.5. The molecular formula is C23H20ClN3O5. The SMILES string of the molecule is Cc1ccc(OCC(=O)N/N=C/c2cc(Cc3ccccc3Cl)ccc2O)c([N+](=O)[O-])c1. The van der Waals surface area contributed by atoms with Crippen LogP contribution in [0.2, 0.25) is 5.02 Å². The van der Waals surface area contributed by atoms with E-state index in [-0.39, 0.29) is 17.2 Å². The second-order valence-corrected chi connectivity index (χ2v) is 7.38. The Kier molecular flexibility index (Phi) is 7.41. The number of hydrogen-bond donors (Lipinski definition) is 2. The lowest BCUT2D eigenvalue weighted by atomic mass is 10.0. The number of benzene rings is 3. The Morgan fingerprint density at radius 3 is 2.75 bits per heavy atom. The Labute approximate surface area is 189 Å². The van der Waals surface area contributed by atoms with Crippen LogP contribution in [0, 0.1) is 17.0 Å². The lowest BCUT2D eigenvalue weighted by Crippen LogP contribution is -2.24. The first-order chi connectivity index (χ1) is 15.3. The fraction of sp³-hybridized carbons (Fsp3) is 0.130. The number of nitro groups is 1. The smallest absolute Gasteiger partial charge is 0.311 e. The molecule has 0 aliphatic heterocycles. The highest BCUT2D eigenvalue weighted by Gasteiger charge is 2.16. The predicted molar refractivity (Wildman–Crippen MR) is 121 cm³/mol. The summed E-state index contributed by atoms with van der Waals surface area (Å²) in [5.41, 5.74) is 5.00. The Balaban J connectivity index is 1.60. The third-order valence-corrected chi connectivity index (χ3v) is 4.88. The molecule has 0 aliphatic carbocycles. The van der Waals surface area contributed by atoms with Gasteiger partial charge in [-0.3, -0.25) is 14.9 Å². The van der Waals surface area contributed by atoms with E-state index in [0.29, 0.717) is 22.6 Å². The molecule has 2 N–H and O–H groups in total. The van der Waals surface area contributed by atoms with Crippen LogP contribution in [-0.2, 0) is 11.2 Å². The van der Waals surface area contributed by atoms with Gasteiger partial charge in [-0.05, 0) is 54.3 Å². The molecule has 9 heteroatoms. The number of ether oxygens (including phenoxy) is 1. The third-order valence-electron chi connectivity index (χ3n) is 4.51. The van der Waals surface area contributed by atoms with Crippen molar-refractivity contribution in [1.29, 1.82) is 0 Å². The van der Waals surface area contributed by atoms with E-state index >= 15 is 0 Å². The van der Waals surface area contributed by atoms with Crippen LogP contribution in [-0.4, -0.2) is 28.8 Å². The number of nitro benzene ring substituents is 1. The average molecular weight is 454 g/mol. The topological polar surface area (TPSA) is 114 Å². The zero-order chi connectivity index (χ0) is 23.1. The van der Waals surface area contributed by atoms with Crippen molar-refractivity contribution in [1.82, 2.24) is 5.43 Å². The van der Waals surface area contributed by atoms with Crippen LogP contribution in [0.25, 0.3) is 0 Å². The number of hydrazone groups is 1. The first kappa shape index (κ1) is 22.8.